The normalized spacial score (nSPS) is 10.8. The average molecular weight is 395 g/mol. The van der Waals surface area contributed by atoms with E-state index in [1.165, 1.54) is 11.1 Å². The summed E-state index contributed by atoms with van der Waals surface area (Å²) < 4.78 is 6.52. The lowest BCUT2D eigenvalue weighted by molar-refractivity contribution is 0.299. The highest BCUT2D eigenvalue weighted by Gasteiger charge is 2.18. The van der Waals surface area contributed by atoms with Gasteiger partial charge in [0.05, 0.1) is 0 Å². The highest BCUT2D eigenvalue weighted by atomic mass is 16.5. The highest BCUT2D eigenvalue weighted by Crippen LogP contribution is 2.44. The highest BCUT2D eigenvalue weighted by molar-refractivity contribution is 5.85. The molecule has 0 heterocycles. The molecule has 30 heavy (non-hydrogen) atoms. The van der Waals surface area contributed by atoms with Crippen LogP contribution >= 0.6 is 0 Å². The SMILES string of the molecule is Cc1ccc(-c2ccc(CCO)c(-c3ccc(C)cc3)c2Oc2ccccc2)cc1. The second-order valence-corrected chi connectivity index (χ2v) is 7.60. The van der Waals surface area contributed by atoms with Gasteiger partial charge in [0.25, 0.3) is 0 Å². The number of hydrogen-bond donors (Lipinski definition) is 1. The minimum atomic E-state index is 0.0908. The number of rotatable bonds is 6. The van der Waals surface area contributed by atoms with Crippen molar-refractivity contribution in [3.05, 3.63) is 108 Å². The number of ether oxygens (including phenoxy) is 1. The van der Waals surface area contributed by atoms with Gasteiger partial charge in [0, 0.05) is 17.7 Å². The van der Waals surface area contributed by atoms with E-state index in [2.05, 4.69) is 74.5 Å². The van der Waals surface area contributed by atoms with Crippen molar-refractivity contribution in [1.82, 2.24) is 0 Å². The first-order valence-electron chi connectivity index (χ1n) is 10.3. The molecule has 4 rings (SSSR count). The maximum Gasteiger partial charge on any atom is 0.143 e. The molecule has 0 unspecified atom stereocenters. The molecule has 4 aromatic carbocycles. The van der Waals surface area contributed by atoms with E-state index in [-0.39, 0.29) is 6.61 Å². The Balaban J connectivity index is 1.97. The zero-order valence-electron chi connectivity index (χ0n) is 17.4. The van der Waals surface area contributed by atoms with Crippen LogP contribution in [0.1, 0.15) is 16.7 Å². The Morgan fingerprint density at radius 3 is 1.87 bits per heavy atom. The summed E-state index contributed by atoms with van der Waals surface area (Å²) in [4.78, 5) is 0. The van der Waals surface area contributed by atoms with E-state index in [9.17, 15) is 5.11 Å². The molecule has 0 saturated heterocycles. The minimum Gasteiger partial charge on any atom is -0.456 e. The molecule has 1 N–H and O–H groups in total. The molecule has 0 amide bonds. The predicted molar refractivity (Wildman–Crippen MR) is 124 cm³/mol. The maximum atomic E-state index is 9.69. The van der Waals surface area contributed by atoms with Gasteiger partial charge in [0.2, 0.25) is 0 Å². The smallest absolute Gasteiger partial charge is 0.143 e. The molecule has 0 aliphatic rings. The van der Waals surface area contributed by atoms with E-state index in [0.717, 1.165) is 39.3 Å². The monoisotopic (exact) mass is 394 g/mol. The first-order valence-corrected chi connectivity index (χ1v) is 10.3. The molecule has 0 bridgehead atoms. The lowest BCUT2D eigenvalue weighted by Crippen LogP contribution is -2.00. The van der Waals surface area contributed by atoms with Gasteiger partial charge in [-0.05, 0) is 49.1 Å². The second-order valence-electron chi connectivity index (χ2n) is 7.60. The summed E-state index contributed by atoms with van der Waals surface area (Å²) in [6, 6.07) is 31.1. The summed E-state index contributed by atoms with van der Waals surface area (Å²) in [5.41, 5.74) is 7.77. The van der Waals surface area contributed by atoms with Crippen molar-refractivity contribution >= 4 is 0 Å². The Bertz CT molecular complexity index is 1110. The van der Waals surface area contributed by atoms with Crippen LogP contribution in [0.25, 0.3) is 22.3 Å². The van der Waals surface area contributed by atoms with Crippen molar-refractivity contribution < 1.29 is 9.84 Å². The molecule has 2 heteroatoms. The molecule has 150 valence electrons. The standard InChI is InChI=1S/C28H26O2/c1-20-8-12-22(13-9-20)26-17-16-24(18-19-29)27(23-14-10-21(2)11-15-23)28(26)30-25-6-4-3-5-7-25/h3-17,29H,18-19H2,1-2H3. The topological polar surface area (TPSA) is 29.5 Å². The van der Waals surface area contributed by atoms with Gasteiger partial charge in [0.1, 0.15) is 11.5 Å². The Morgan fingerprint density at radius 1 is 0.667 bits per heavy atom. The van der Waals surface area contributed by atoms with E-state index in [1.807, 2.05) is 30.3 Å². The van der Waals surface area contributed by atoms with Crippen molar-refractivity contribution in [2.45, 2.75) is 20.3 Å². The summed E-state index contributed by atoms with van der Waals surface area (Å²) in [6.45, 7) is 4.27. The number of aliphatic hydroxyl groups excluding tert-OH is 1. The minimum absolute atomic E-state index is 0.0908. The van der Waals surface area contributed by atoms with Crippen LogP contribution in [0.5, 0.6) is 11.5 Å². The summed E-state index contributed by atoms with van der Waals surface area (Å²) in [5.74, 6) is 1.61. The molecule has 0 radical (unpaired) electrons. The van der Waals surface area contributed by atoms with Crippen molar-refractivity contribution in [3.63, 3.8) is 0 Å². The quantitative estimate of drug-likeness (QED) is 0.383. The fourth-order valence-corrected chi connectivity index (χ4v) is 3.66. The molecular formula is C28H26O2. The van der Waals surface area contributed by atoms with Crippen LogP contribution in [0, 0.1) is 13.8 Å². The summed E-state index contributed by atoms with van der Waals surface area (Å²) in [6.07, 6.45) is 0.572. The lowest BCUT2D eigenvalue weighted by Gasteiger charge is -2.20. The van der Waals surface area contributed by atoms with E-state index in [1.54, 1.807) is 0 Å². The second kappa shape index (κ2) is 8.98. The largest absolute Gasteiger partial charge is 0.456 e. The van der Waals surface area contributed by atoms with Crippen molar-refractivity contribution in [3.8, 4) is 33.8 Å². The van der Waals surface area contributed by atoms with Crippen molar-refractivity contribution in [1.29, 1.82) is 0 Å². The molecule has 4 aromatic rings. The van der Waals surface area contributed by atoms with E-state index in [4.69, 9.17) is 4.74 Å². The number of benzene rings is 4. The third-order valence-corrected chi connectivity index (χ3v) is 5.29. The molecule has 0 atom stereocenters. The number of hydrogen-bond acceptors (Lipinski definition) is 2. The van der Waals surface area contributed by atoms with Gasteiger partial charge in [-0.15, -0.1) is 0 Å². The van der Waals surface area contributed by atoms with Crippen LogP contribution in [0.2, 0.25) is 0 Å². The van der Waals surface area contributed by atoms with Crippen LogP contribution in [0.3, 0.4) is 0 Å². The maximum absolute atomic E-state index is 9.69. The molecule has 0 saturated carbocycles. The molecule has 0 aliphatic heterocycles. The molecule has 2 nitrogen and oxygen atoms in total. The number of para-hydroxylation sites is 1. The Hall–Kier alpha value is -3.36. The van der Waals surface area contributed by atoms with Crippen LogP contribution in [-0.2, 0) is 6.42 Å². The van der Waals surface area contributed by atoms with E-state index >= 15 is 0 Å². The molecule has 0 fully saturated rings. The van der Waals surface area contributed by atoms with Crippen LogP contribution < -0.4 is 4.74 Å². The van der Waals surface area contributed by atoms with Crippen LogP contribution in [0.15, 0.2) is 91.0 Å². The third-order valence-electron chi connectivity index (χ3n) is 5.29. The lowest BCUT2D eigenvalue weighted by atomic mass is 9.91. The van der Waals surface area contributed by atoms with Crippen molar-refractivity contribution in [2.24, 2.45) is 0 Å². The van der Waals surface area contributed by atoms with E-state index in [0.29, 0.717) is 6.42 Å². The van der Waals surface area contributed by atoms with Gasteiger partial charge in [-0.2, -0.15) is 0 Å². The van der Waals surface area contributed by atoms with Crippen LogP contribution in [-0.4, -0.2) is 11.7 Å². The number of aliphatic hydroxyl groups is 1. The third kappa shape index (κ3) is 4.29. The van der Waals surface area contributed by atoms with Crippen LogP contribution in [0.4, 0.5) is 0 Å². The average Bonchev–Trinajstić information content (AvgIpc) is 2.77. The first-order chi connectivity index (χ1) is 14.7. The zero-order chi connectivity index (χ0) is 20.9. The van der Waals surface area contributed by atoms with Crippen molar-refractivity contribution in [2.75, 3.05) is 6.61 Å². The molecule has 0 spiro atoms. The number of aryl methyl sites for hydroxylation is 2. The fraction of sp³-hybridized carbons (Fsp3) is 0.143. The van der Waals surface area contributed by atoms with Gasteiger partial charge < -0.3 is 9.84 Å². The Labute approximate surface area is 178 Å². The first kappa shape index (κ1) is 19.9. The Morgan fingerprint density at radius 2 is 1.27 bits per heavy atom. The van der Waals surface area contributed by atoms with Gasteiger partial charge in [-0.3, -0.25) is 0 Å². The molecular weight excluding hydrogens is 368 g/mol. The molecule has 0 aliphatic carbocycles. The summed E-state index contributed by atoms with van der Waals surface area (Å²) in [7, 11) is 0. The zero-order valence-corrected chi connectivity index (χ0v) is 17.4. The summed E-state index contributed by atoms with van der Waals surface area (Å²) in [5, 5.41) is 9.69. The molecule has 0 aromatic heterocycles. The van der Waals surface area contributed by atoms with Gasteiger partial charge in [0.15, 0.2) is 0 Å². The van der Waals surface area contributed by atoms with E-state index < -0.39 is 0 Å². The fourth-order valence-electron chi connectivity index (χ4n) is 3.66. The van der Waals surface area contributed by atoms with Gasteiger partial charge in [-0.1, -0.05) is 90.0 Å². The summed E-state index contributed by atoms with van der Waals surface area (Å²) >= 11 is 0. The predicted octanol–water partition coefficient (Wildman–Crippen LogP) is 6.96. The Kier molecular flexibility index (Phi) is 5.97. The van der Waals surface area contributed by atoms with Gasteiger partial charge >= 0.3 is 0 Å². The van der Waals surface area contributed by atoms with Gasteiger partial charge in [-0.25, -0.2) is 0 Å².